The highest BCUT2D eigenvalue weighted by atomic mass is 16.2. The van der Waals surface area contributed by atoms with E-state index in [0.717, 1.165) is 6.42 Å². The van der Waals surface area contributed by atoms with Crippen molar-refractivity contribution in [1.29, 1.82) is 0 Å². The van der Waals surface area contributed by atoms with E-state index in [1.165, 1.54) is 0 Å². The molecule has 1 atom stereocenters. The molecule has 0 saturated heterocycles. The standard InChI is InChI=1S/C14H29N3O2/c1-10(2)6-11(8-15)7-12(18)16-9-13(19)17-14(3,4)5/h10-11H,6-9,15H2,1-5H3,(H,16,18)(H,17,19). The van der Waals surface area contributed by atoms with E-state index in [-0.39, 0.29) is 29.8 Å². The quantitative estimate of drug-likeness (QED) is 0.646. The van der Waals surface area contributed by atoms with Gasteiger partial charge in [0.1, 0.15) is 0 Å². The summed E-state index contributed by atoms with van der Waals surface area (Å²) in [6.07, 6.45) is 1.32. The molecule has 5 nitrogen and oxygen atoms in total. The Morgan fingerprint density at radius 3 is 2.16 bits per heavy atom. The largest absolute Gasteiger partial charge is 0.350 e. The molecule has 0 spiro atoms. The fourth-order valence-corrected chi connectivity index (χ4v) is 1.91. The molecule has 0 saturated carbocycles. The van der Waals surface area contributed by atoms with E-state index in [0.29, 0.717) is 18.9 Å². The molecule has 5 heteroatoms. The van der Waals surface area contributed by atoms with Crippen LogP contribution in [0.5, 0.6) is 0 Å². The molecule has 0 rings (SSSR count). The smallest absolute Gasteiger partial charge is 0.239 e. The van der Waals surface area contributed by atoms with Gasteiger partial charge in [0.15, 0.2) is 0 Å². The van der Waals surface area contributed by atoms with Gasteiger partial charge in [0.2, 0.25) is 11.8 Å². The average molecular weight is 271 g/mol. The lowest BCUT2D eigenvalue weighted by atomic mass is 9.94. The van der Waals surface area contributed by atoms with Gasteiger partial charge in [-0.15, -0.1) is 0 Å². The number of rotatable bonds is 7. The monoisotopic (exact) mass is 271 g/mol. The second-order valence-electron chi connectivity index (χ2n) is 6.51. The van der Waals surface area contributed by atoms with Crippen LogP contribution in [0.4, 0.5) is 0 Å². The second kappa shape index (κ2) is 8.15. The van der Waals surface area contributed by atoms with Gasteiger partial charge >= 0.3 is 0 Å². The molecule has 0 aliphatic carbocycles. The van der Waals surface area contributed by atoms with Crippen molar-refractivity contribution in [1.82, 2.24) is 10.6 Å². The maximum Gasteiger partial charge on any atom is 0.239 e. The van der Waals surface area contributed by atoms with Gasteiger partial charge in [-0.05, 0) is 45.6 Å². The van der Waals surface area contributed by atoms with Crippen LogP contribution in [0.2, 0.25) is 0 Å². The van der Waals surface area contributed by atoms with Gasteiger partial charge in [0.05, 0.1) is 6.54 Å². The summed E-state index contributed by atoms with van der Waals surface area (Å²) >= 11 is 0. The number of nitrogens with two attached hydrogens (primary N) is 1. The first-order valence-corrected chi connectivity index (χ1v) is 6.91. The van der Waals surface area contributed by atoms with E-state index < -0.39 is 0 Å². The van der Waals surface area contributed by atoms with Crippen LogP contribution < -0.4 is 16.4 Å². The first-order chi connectivity index (χ1) is 8.64. The molecule has 2 amide bonds. The SMILES string of the molecule is CC(C)CC(CN)CC(=O)NCC(=O)NC(C)(C)C. The minimum Gasteiger partial charge on any atom is -0.350 e. The van der Waals surface area contributed by atoms with E-state index in [1.54, 1.807) is 0 Å². The van der Waals surface area contributed by atoms with E-state index in [1.807, 2.05) is 20.8 Å². The predicted molar refractivity (Wildman–Crippen MR) is 77.5 cm³/mol. The molecular formula is C14H29N3O2. The van der Waals surface area contributed by atoms with Gasteiger partial charge in [-0.1, -0.05) is 13.8 Å². The van der Waals surface area contributed by atoms with Gasteiger partial charge in [-0.2, -0.15) is 0 Å². The fourth-order valence-electron chi connectivity index (χ4n) is 1.91. The van der Waals surface area contributed by atoms with Crippen molar-refractivity contribution in [3.05, 3.63) is 0 Å². The Labute approximate surface area is 116 Å². The molecule has 0 aromatic heterocycles. The Morgan fingerprint density at radius 2 is 1.74 bits per heavy atom. The number of carbonyl (C=O) groups excluding carboxylic acids is 2. The van der Waals surface area contributed by atoms with Crippen LogP contribution in [0.1, 0.15) is 47.5 Å². The van der Waals surface area contributed by atoms with Crippen molar-refractivity contribution in [3.63, 3.8) is 0 Å². The normalized spacial score (nSPS) is 13.2. The number of amides is 2. The molecule has 0 aliphatic rings. The lowest BCUT2D eigenvalue weighted by molar-refractivity contribution is -0.127. The van der Waals surface area contributed by atoms with Gasteiger partial charge < -0.3 is 16.4 Å². The van der Waals surface area contributed by atoms with E-state index >= 15 is 0 Å². The van der Waals surface area contributed by atoms with Crippen LogP contribution in [0.3, 0.4) is 0 Å². The van der Waals surface area contributed by atoms with Crippen LogP contribution in [0.15, 0.2) is 0 Å². The zero-order valence-electron chi connectivity index (χ0n) is 12.9. The lowest BCUT2D eigenvalue weighted by Crippen LogP contribution is -2.46. The highest BCUT2D eigenvalue weighted by Gasteiger charge is 2.16. The van der Waals surface area contributed by atoms with Crippen molar-refractivity contribution >= 4 is 11.8 Å². The minimum absolute atomic E-state index is 0.0229. The number of carbonyl (C=O) groups is 2. The topological polar surface area (TPSA) is 84.2 Å². The summed E-state index contributed by atoms with van der Waals surface area (Å²) in [5, 5.41) is 5.43. The first-order valence-electron chi connectivity index (χ1n) is 6.91. The lowest BCUT2D eigenvalue weighted by Gasteiger charge is -2.21. The Balaban J connectivity index is 4.01. The summed E-state index contributed by atoms with van der Waals surface area (Å²) < 4.78 is 0. The summed E-state index contributed by atoms with van der Waals surface area (Å²) in [5.74, 6) is 0.422. The Kier molecular flexibility index (Phi) is 7.68. The zero-order chi connectivity index (χ0) is 15.1. The third-order valence-electron chi connectivity index (χ3n) is 2.57. The van der Waals surface area contributed by atoms with Crippen LogP contribution in [0, 0.1) is 11.8 Å². The number of nitrogens with one attached hydrogen (secondary N) is 2. The summed E-state index contributed by atoms with van der Waals surface area (Å²) in [6, 6.07) is 0. The van der Waals surface area contributed by atoms with Crippen molar-refractivity contribution in [2.45, 2.75) is 53.0 Å². The average Bonchev–Trinajstić information content (AvgIpc) is 2.22. The van der Waals surface area contributed by atoms with Crippen molar-refractivity contribution in [2.24, 2.45) is 17.6 Å². The fraction of sp³-hybridized carbons (Fsp3) is 0.857. The van der Waals surface area contributed by atoms with E-state index in [9.17, 15) is 9.59 Å². The van der Waals surface area contributed by atoms with Crippen LogP contribution in [0.25, 0.3) is 0 Å². The molecule has 0 radical (unpaired) electrons. The Bertz CT molecular complexity index is 296. The minimum atomic E-state index is -0.279. The van der Waals surface area contributed by atoms with E-state index in [4.69, 9.17) is 5.73 Å². The molecule has 1 unspecified atom stereocenters. The van der Waals surface area contributed by atoms with Gasteiger partial charge in [0.25, 0.3) is 0 Å². The van der Waals surface area contributed by atoms with Crippen LogP contribution in [-0.4, -0.2) is 30.4 Å². The molecule has 4 N–H and O–H groups in total. The molecule has 112 valence electrons. The van der Waals surface area contributed by atoms with Crippen LogP contribution in [-0.2, 0) is 9.59 Å². The van der Waals surface area contributed by atoms with Gasteiger partial charge in [-0.25, -0.2) is 0 Å². The molecule has 0 aromatic rings. The second-order valence-corrected chi connectivity index (χ2v) is 6.51. The van der Waals surface area contributed by atoms with Crippen molar-refractivity contribution in [2.75, 3.05) is 13.1 Å². The third-order valence-corrected chi connectivity index (χ3v) is 2.57. The number of hydrogen-bond donors (Lipinski definition) is 3. The molecular weight excluding hydrogens is 242 g/mol. The summed E-state index contributed by atoms with van der Waals surface area (Å²) in [4.78, 5) is 23.3. The van der Waals surface area contributed by atoms with Crippen molar-refractivity contribution < 1.29 is 9.59 Å². The summed E-state index contributed by atoms with van der Waals surface area (Å²) in [6.45, 7) is 10.4. The van der Waals surface area contributed by atoms with Gasteiger partial charge in [0, 0.05) is 12.0 Å². The first kappa shape index (κ1) is 17.9. The van der Waals surface area contributed by atoms with Crippen LogP contribution >= 0.6 is 0 Å². The van der Waals surface area contributed by atoms with E-state index in [2.05, 4.69) is 24.5 Å². The zero-order valence-corrected chi connectivity index (χ0v) is 12.9. The molecule has 0 fully saturated rings. The van der Waals surface area contributed by atoms with Crippen molar-refractivity contribution in [3.8, 4) is 0 Å². The highest BCUT2D eigenvalue weighted by Crippen LogP contribution is 2.13. The summed E-state index contributed by atoms with van der Waals surface area (Å²) in [7, 11) is 0. The molecule has 19 heavy (non-hydrogen) atoms. The number of hydrogen-bond acceptors (Lipinski definition) is 3. The molecule has 0 aliphatic heterocycles. The maximum absolute atomic E-state index is 11.7. The predicted octanol–water partition coefficient (Wildman–Crippen LogP) is 1.03. The molecule has 0 aromatic carbocycles. The molecule has 0 heterocycles. The Morgan fingerprint density at radius 1 is 1.16 bits per heavy atom. The van der Waals surface area contributed by atoms with Gasteiger partial charge in [-0.3, -0.25) is 9.59 Å². The Hall–Kier alpha value is -1.10. The highest BCUT2D eigenvalue weighted by molar-refractivity contribution is 5.85. The third kappa shape index (κ3) is 10.5. The maximum atomic E-state index is 11.7. The summed E-state index contributed by atoms with van der Waals surface area (Å²) in [5.41, 5.74) is 5.37. The molecule has 0 bridgehead atoms.